The Hall–Kier alpha value is -8.62. The van der Waals surface area contributed by atoms with Gasteiger partial charge in [0.1, 0.15) is 48.3 Å². The maximum Gasteiger partial charge on any atom is 0.305 e. The number of Topliss-reactive ketones (excluding diaryl/α,β-unsaturated/α-hetero) is 1. The van der Waals surface area contributed by atoms with Crippen molar-refractivity contribution in [3.63, 3.8) is 0 Å². The number of carboxylic acid groups (broad SMARTS) is 1. The van der Waals surface area contributed by atoms with Crippen molar-refractivity contribution in [3.05, 3.63) is 35.9 Å². The molecule has 1 aliphatic rings. The molecule has 0 spiro atoms. The first-order valence-electron chi connectivity index (χ1n) is 31.9. The van der Waals surface area contributed by atoms with E-state index in [-0.39, 0.29) is 107 Å². The Labute approximate surface area is 555 Å². The van der Waals surface area contributed by atoms with Gasteiger partial charge in [-0.25, -0.2) is 0 Å². The maximum atomic E-state index is 15.7. The summed E-state index contributed by atoms with van der Waals surface area (Å²) in [6.07, 6.45) is 2.48. The van der Waals surface area contributed by atoms with E-state index in [4.69, 9.17) is 40.1 Å². The molecule has 9 amide bonds. The van der Waals surface area contributed by atoms with Crippen LogP contribution in [0.15, 0.2) is 45.3 Å². The van der Waals surface area contributed by atoms with Crippen LogP contribution >= 0.6 is 12.6 Å². The molecule has 1 aliphatic carbocycles. The minimum Gasteiger partial charge on any atom is -0.481 e. The largest absolute Gasteiger partial charge is 0.481 e. The summed E-state index contributed by atoms with van der Waals surface area (Å²) in [6.45, 7) is 10.8. The van der Waals surface area contributed by atoms with Crippen LogP contribution in [-0.2, 0) is 64.0 Å². The first kappa shape index (κ1) is 81.5. The molecule has 0 aliphatic heterocycles. The number of hydrogen-bond donors (Lipinski definition) is 17. The summed E-state index contributed by atoms with van der Waals surface area (Å²) >= 11 is 4.31. The molecule has 1 aromatic carbocycles. The third-order valence-electron chi connectivity index (χ3n) is 16.2. The number of aliphatic carboxylic acids is 1. The number of carboxylic acids is 1. The van der Waals surface area contributed by atoms with Crippen LogP contribution in [0.1, 0.15) is 150 Å². The van der Waals surface area contributed by atoms with Crippen LogP contribution in [-0.4, -0.2) is 190 Å². The van der Waals surface area contributed by atoms with Crippen molar-refractivity contribution in [3.8, 4) is 0 Å². The van der Waals surface area contributed by atoms with E-state index < -0.39 is 149 Å². The molecule has 1 saturated carbocycles. The van der Waals surface area contributed by atoms with Gasteiger partial charge in [-0.2, -0.15) is 12.6 Å². The van der Waals surface area contributed by atoms with Crippen molar-refractivity contribution >= 4 is 102 Å². The van der Waals surface area contributed by atoms with Gasteiger partial charge in [0.05, 0.1) is 12.5 Å². The number of aliphatic imine (C=N–C) groups is 3. The summed E-state index contributed by atoms with van der Waals surface area (Å²) in [5.41, 5.74) is 37.6. The minimum atomic E-state index is -2.02. The molecular formula is C61H103N19O13S. The predicted octanol–water partition coefficient (Wildman–Crippen LogP) is -2.79. The third-order valence-corrected chi connectivity index (χ3v) is 16.4. The van der Waals surface area contributed by atoms with Crippen LogP contribution in [0.3, 0.4) is 0 Å². The van der Waals surface area contributed by atoms with Crippen molar-refractivity contribution in [2.24, 2.45) is 66.9 Å². The first-order chi connectivity index (χ1) is 44.4. The molecule has 12 atom stereocenters. The Morgan fingerprint density at radius 2 is 1.01 bits per heavy atom. The third kappa shape index (κ3) is 27.5. The number of nitrogens with zero attached hydrogens (tertiary/aromatic N) is 4. The number of hydrogen-bond acceptors (Lipinski definition) is 17. The average molecular weight is 1340 g/mol. The number of rotatable bonds is 43. The zero-order valence-corrected chi connectivity index (χ0v) is 56.1. The molecule has 23 N–H and O–H groups in total. The van der Waals surface area contributed by atoms with Crippen molar-refractivity contribution in [2.75, 3.05) is 25.4 Å². The standard InChI is InChI=1S/C61H103N19O13S/c1-8-34(3)47(78-52(88)41(23-16-27-69-58(63)64)74-51(87)38(7)73-50(86)37(6)72-49(85)36(5)62)55(91)76-43(32-46(83)84)54(90)75-42(24-17-28-70-59(65)66)53(89)79-48(35(4)9-2)56(92)77-44(31-39-19-12-10-13-20-39)57(93)80(40-21-14-11-15-22-40)61(33-81,45(82)25-30-94)26-18-29-71-60(67)68/h10,12-13,19-20,33-38,40-44,47-48,94H,8-9,11,14-18,21-32,62H2,1-7H3,(H,72,85)(H,73,86)(H,74,87)(H,75,90)(H,76,91)(H,77,92)(H,78,88)(H,79,89)(H,83,84)(H4,63,64,69)(H4,65,66,70)(H4,67,68,71)/t34-,35-,36-,37-,38-,41-,42-,43-,44-,47-,48-,61-/m0/s1. The quantitative estimate of drug-likeness (QED) is 0.00785. The Bertz CT molecular complexity index is 2800. The molecular weight excluding hydrogens is 1240 g/mol. The number of benzene rings is 1. The Kier molecular flexibility index (Phi) is 36.3. The zero-order valence-electron chi connectivity index (χ0n) is 55.2. The lowest BCUT2D eigenvalue weighted by atomic mass is 9.81. The summed E-state index contributed by atoms with van der Waals surface area (Å²) in [5.74, 6) is -12.1. The van der Waals surface area contributed by atoms with E-state index in [1.807, 2.05) is 0 Å². The number of thiol groups is 1. The van der Waals surface area contributed by atoms with Gasteiger partial charge in [-0.1, -0.05) is 90.1 Å². The normalized spacial score (nSPS) is 16.3. The smallest absolute Gasteiger partial charge is 0.305 e. The minimum absolute atomic E-state index is 0.0110. The number of amides is 9. The van der Waals surface area contributed by atoms with Crippen molar-refractivity contribution in [1.29, 1.82) is 0 Å². The SMILES string of the molecule is CC[C@H](C)[C@H](NC(=O)[C@H](CCCN=C(N)N)NC(=O)[C@H](C)NC(=O)[C@H](C)NC(=O)[C@H](C)N)C(=O)N[C@@H](CC(=O)O)C(=O)N[C@@H](CCCN=C(N)N)C(=O)N[C@H](C(=O)N[C@@H](Cc1ccccc1)C(=O)N(C1CCCCC1)[C@](C=O)(CCCN=C(N)N)C(=O)CCS)[C@@H](C)CC. The summed E-state index contributed by atoms with van der Waals surface area (Å²) in [6, 6.07) is -4.51. The second kappa shape index (κ2) is 41.9. The summed E-state index contributed by atoms with van der Waals surface area (Å²) < 4.78 is 0. The molecule has 1 aromatic rings. The van der Waals surface area contributed by atoms with Gasteiger partial charge in [0.25, 0.3) is 0 Å². The Balaban J connectivity index is 2.67. The van der Waals surface area contributed by atoms with Crippen molar-refractivity contribution < 1.29 is 62.6 Å². The molecule has 32 nitrogen and oxygen atoms in total. The molecule has 0 bridgehead atoms. The fourth-order valence-electron chi connectivity index (χ4n) is 10.5. The topological polar surface area (TPSA) is 544 Å². The predicted molar refractivity (Wildman–Crippen MR) is 357 cm³/mol. The molecule has 1 fully saturated rings. The van der Waals surface area contributed by atoms with Gasteiger partial charge in [-0.15, -0.1) is 0 Å². The lowest BCUT2D eigenvalue weighted by molar-refractivity contribution is -0.157. The van der Waals surface area contributed by atoms with Gasteiger partial charge in [-0.3, -0.25) is 67.7 Å². The molecule has 94 heavy (non-hydrogen) atoms. The van der Waals surface area contributed by atoms with Gasteiger partial charge in [0, 0.05) is 38.5 Å². The van der Waals surface area contributed by atoms with E-state index in [2.05, 4.69) is 70.1 Å². The van der Waals surface area contributed by atoms with E-state index in [1.165, 1.54) is 25.7 Å². The molecule has 0 radical (unpaired) electrons. The highest BCUT2D eigenvalue weighted by Gasteiger charge is 2.50. The maximum absolute atomic E-state index is 15.7. The van der Waals surface area contributed by atoms with Gasteiger partial charge >= 0.3 is 5.97 Å². The molecule has 0 aromatic heterocycles. The molecule has 0 saturated heterocycles. The average Bonchev–Trinajstić information content (AvgIpc) is 0.771. The van der Waals surface area contributed by atoms with Crippen LogP contribution < -0.4 is 82.7 Å². The van der Waals surface area contributed by atoms with Gasteiger partial charge in [0.2, 0.25) is 53.2 Å². The van der Waals surface area contributed by atoms with Gasteiger partial charge in [-0.05, 0) is 95.3 Å². The van der Waals surface area contributed by atoms with E-state index in [1.54, 1.807) is 58.0 Å². The van der Waals surface area contributed by atoms with Crippen molar-refractivity contribution in [1.82, 2.24) is 47.4 Å². The van der Waals surface area contributed by atoms with E-state index in [0.717, 1.165) is 6.42 Å². The highest BCUT2D eigenvalue weighted by atomic mass is 32.1. The molecule has 33 heteroatoms. The second-order valence-corrected chi connectivity index (χ2v) is 24.2. The highest BCUT2D eigenvalue weighted by molar-refractivity contribution is 7.80. The number of ketones is 1. The number of guanidine groups is 3. The Morgan fingerprint density at radius 3 is 1.45 bits per heavy atom. The number of aldehydes is 1. The molecule has 2 rings (SSSR count). The monoisotopic (exact) mass is 1340 g/mol. The lowest BCUT2D eigenvalue weighted by Gasteiger charge is -2.46. The summed E-state index contributed by atoms with van der Waals surface area (Å²) in [4.78, 5) is 181. The lowest BCUT2D eigenvalue weighted by Crippen LogP contribution is -2.67. The highest BCUT2D eigenvalue weighted by Crippen LogP contribution is 2.34. The van der Waals surface area contributed by atoms with Gasteiger partial charge < -0.3 is 97.5 Å². The van der Waals surface area contributed by atoms with E-state index in [0.29, 0.717) is 37.5 Å². The van der Waals surface area contributed by atoms with Gasteiger partial charge in [0.15, 0.2) is 35.5 Å². The number of nitrogens with two attached hydrogens (primary N) is 7. The van der Waals surface area contributed by atoms with Crippen LogP contribution in [0.5, 0.6) is 0 Å². The molecule has 0 heterocycles. The number of carbonyl (C=O) groups is 12. The number of nitrogens with one attached hydrogen (secondary N) is 8. The molecule has 0 unspecified atom stereocenters. The summed E-state index contributed by atoms with van der Waals surface area (Å²) in [5, 5.41) is 30.7. The van der Waals surface area contributed by atoms with Crippen LogP contribution in [0, 0.1) is 11.8 Å². The van der Waals surface area contributed by atoms with Crippen LogP contribution in [0.25, 0.3) is 0 Å². The van der Waals surface area contributed by atoms with Crippen LogP contribution in [0.2, 0.25) is 0 Å². The zero-order chi connectivity index (χ0) is 70.8. The first-order valence-corrected chi connectivity index (χ1v) is 32.5. The fraction of sp³-hybridized carbons (Fsp3) is 0.656. The van der Waals surface area contributed by atoms with Crippen LogP contribution in [0.4, 0.5) is 0 Å². The second-order valence-electron chi connectivity index (χ2n) is 23.8. The van der Waals surface area contributed by atoms with E-state index >= 15 is 9.59 Å². The number of carbonyl (C=O) groups excluding carboxylic acids is 11. The fourth-order valence-corrected chi connectivity index (χ4v) is 10.7. The van der Waals surface area contributed by atoms with E-state index in [9.17, 15) is 53.1 Å². The molecule has 526 valence electrons. The Morgan fingerprint density at radius 1 is 0.585 bits per heavy atom. The van der Waals surface area contributed by atoms with Crippen molar-refractivity contribution in [2.45, 2.75) is 217 Å². The summed E-state index contributed by atoms with van der Waals surface area (Å²) in [7, 11) is 0.